The molecule has 0 radical (unpaired) electrons. The molecule has 1 unspecified atom stereocenters. The van der Waals surface area contributed by atoms with Crippen LogP contribution in [0.15, 0.2) is 0 Å². The van der Waals surface area contributed by atoms with E-state index in [9.17, 15) is 0 Å². The highest BCUT2D eigenvalue weighted by atomic mass is 15.4. The lowest BCUT2D eigenvalue weighted by atomic mass is 9.91. The van der Waals surface area contributed by atoms with Gasteiger partial charge in [0.25, 0.3) is 0 Å². The molecule has 0 saturated carbocycles. The van der Waals surface area contributed by atoms with Gasteiger partial charge in [-0.25, -0.2) is 0 Å². The molecule has 0 bridgehead atoms. The Labute approximate surface area is 109 Å². The van der Waals surface area contributed by atoms with Crippen molar-refractivity contribution in [1.82, 2.24) is 20.1 Å². The molecule has 2 heterocycles. The molecule has 1 aromatic heterocycles. The van der Waals surface area contributed by atoms with Gasteiger partial charge in [0.15, 0.2) is 5.82 Å². The van der Waals surface area contributed by atoms with Crippen molar-refractivity contribution in [1.29, 1.82) is 0 Å². The minimum absolute atomic E-state index is 0.0471. The van der Waals surface area contributed by atoms with Crippen LogP contribution in [0.4, 0.5) is 5.95 Å². The van der Waals surface area contributed by atoms with Crippen LogP contribution in [0.5, 0.6) is 0 Å². The Hall–Kier alpha value is -1.10. The summed E-state index contributed by atoms with van der Waals surface area (Å²) in [5.41, 5.74) is 0.0471. The summed E-state index contributed by atoms with van der Waals surface area (Å²) in [5.74, 6) is 2.01. The number of nitrogens with one attached hydrogen (secondary N) is 2. The van der Waals surface area contributed by atoms with Crippen molar-refractivity contribution < 1.29 is 0 Å². The van der Waals surface area contributed by atoms with Crippen LogP contribution in [-0.4, -0.2) is 27.9 Å². The zero-order valence-electron chi connectivity index (χ0n) is 11.8. The van der Waals surface area contributed by atoms with Crippen LogP contribution in [0.1, 0.15) is 52.3 Å². The van der Waals surface area contributed by atoms with Crippen molar-refractivity contribution in [3.05, 3.63) is 5.82 Å². The van der Waals surface area contributed by atoms with E-state index in [0.717, 1.165) is 37.8 Å². The summed E-state index contributed by atoms with van der Waals surface area (Å²) < 4.78 is 2.22. The predicted molar refractivity (Wildman–Crippen MR) is 73.7 cm³/mol. The van der Waals surface area contributed by atoms with Gasteiger partial charge >= 0.3 is 0 Å². The second kappa shape index (κ2) is 5.69. The Morgan fingerprint density at radius 1 is 1.33 bits per heavy atom. The average Bonchev–Trinajstić information content (AvgIpc) is 2.97. The summed E-state index contributed by atoms with van der Waals surface area (Å²) >= 11 is 0. The van der Waals surface area contributed by atoms with Crippen molar-refractivity contribution in [3.63, 3.8) is 0 Å². The second-order valence-electron chi connectivity index (χ2n) is 4.98. The van der Waals surface area contributed by atoms with E-state index in [1.807, 2.05) is 0 Å². The number of hydrogen-bond donors (Lipinski definition) is 2. The summed E-state index contributed by atoms with van der Waals surface area (Å²) in [4.78, 5) is 0. The molecule has 1 fully saturated rings. The lowest BCUT2D eigenvalue weighted by molar-refractivity contribution is 0.321. The van der Waals surface area contributed by atoms with Crippen molar-refractivity contribution in [2.24, 2.45) is 0 Å². The highest BCUT2D eigenvalue weighted by Gasteiger charge is 2.39. The molecule has 0 aliphatic carbocycles. The van der Waals surface area contributed by atoms with Crippen LogP contribution < -0.4 is 10.6 Å². The van der Waals surface area contributed by atoms with Gasteiger partial charge < -0.3 is 10.6 Å². The molecule has 1 aliphatic heterocycles. The minimum Gasteiger partial charge on any atom is -0.355 e. The Kier molecular flexibility index (Phi) is 4.22. The number of aromatic nitrogens is 3. The molecule has 5 nitrogen and oxygen atoms in total. The molecule has 18 heavy (non-hydrogen) atoms. The highest BCUT2D eigenvalue weighted by molar-refractivity contribution is 5.28. The first-order valence-electron chi connectivity index (χ1n) is 7.20. The van der Waals surface area contributed by atoms with Gasteiger partial charge in [0, 0.05) is 13.1 Å². The molecule has 0 aromatic carbocycles. The maximum Gasteiger partial charge on any atom is 0.224 e. The van der Waals surface area contributed by atoms with Gasteiger partial charge in [0.1, 0.15) is 0 Å². The zero-order chi connectivity index (χ0) is 13.0. The summed E-state index contributed by atoms with van der Waals surface area (Å²) in [6, 6.07) is 0. The van der Waals surface area contributed by atoms with Gasteiger partial charge in [-0.15, -0.1) is 10.2 Å². The van der Waals surface area contributed by atoms with E-state index in [0.29, 0.717) is 0 Å². The van der Waals surface area contributed by atoms with Crippen LogP contribution >= 0.6 is 0 Å². The SMILES string of the molecule is CCCC1(c2nnc(NCC)n2CC)CCCN1. The molecule has 1 saturated heterocycles. The van der Waals surface area contributed by atoms with Gasteiger partial charge in [-0.05, 0) is 39.7 Å². The fraction of sp³-hybridized carbons (Fsp3) is 0.846. The van der Waals surface area contributed by atoms with E-state index in [1.165, 1.54) is 19.3 Å². The predicted octanol–water partition coefficient (Wildman–Crippen LogP) is 2.11. The maximum atomic E-state index is 4.47. The fourth-order valence-electron chi connectivity index (χ4n) is 2.99. The van der Waals surface area contributed by atoms with E-state index in [1.54, 1.807) is 0 Å². The molecule has 0 amide bonds. The van der Waals surface area contributed by atoms with Gasteiger partial charge in [0.2, 0.25) is 5.95 Å². The first-order valence-corrected chi connectivity index (χ1v) is 7.20. The normalized spacial score (nSPS) is 23.5. The standard InChI is InChI=1S/C13H25N5/c1-4-8-13(9-7-10-15-13)11-16-17-12(14-5-2)18(11)6-3/h15H,4-10H2,1-3H3,(H,14,17). The van der Waals surface area contributed by atoms with Crippen LogP contribution in [0.25, 0.3) is 0 Å². The van der Waals surface area contributed by atoms with Gasteiger partial charge in [0.05, 0.1) is 5.54 Å². The number of nitrogens with zero attached hydrogens (tertiary/aromatic N) is 3. The monoisotopic (exact) mass is 251 g/mol. The van der Waals surface area contributed by atoms with E-state index in [2.05, 4.69) is 46.2 Å². The highest BCUT2D eigenvalue weighted by Crippen LogP contribution is 2.35. The average molecular weight is 251 g/mol. The van der Waals surface area contributed by atoms with E-state index < -0.39 is 0 Å². The summed E-state index contributed by atoms with van der Waals surface area (Å²) in [6.45, 7) is 9.36. The largest absolute Gasteiger partial charge is 0.355 e. The Bertz CT molecular complexity index is 379. The smallest absolute Gasteiger partial charge is 0.224 e. The summed E-state index contributed by atoms with van der Waals surface area (Å²) in [5, 5.41) is 15.7. The molecule has 1 aliphatic rings. The van der Waals surface area contributed by atoms with E-state index >= 15 is 0 Å². The number of rotatable bonds is 6. The maximum absolute atomic E-state index is 4.47. The van der Waals surface area contributed by atoms with Gasteiger partial charge in [-0.3, -0.25) is 4.57 Å². The van der Waals surface area contributed by atoms with Gasteiger partial charge in [-0.1, -0.05) is 13.3 Å². The summed E-state index contributed by atoms with van der Waals surface area (Å²) in [6.07, 6.45) is 4.70. The number of hydrogen-bond acceptors (Lipinski definition) is 4. The van der Waals surface area contributed by atoms with Crippen molar-refractivity contribution in [3.8, 4) is 0 Å². The molecular formula is C13H25N5. The topological polar surface area (TPSA) is 54.8 Å². The van der Waals surface area contributed by atoms with E-state index in [-0.39, 0.29) is 5.54 Å². The van der Waals surface area contributed by atoms with Crippen LogP contribution in [0.2, 0.25) is 0 Å². The third-order valence-electron chi connectivity index (χ3n) is 3.75. The summed E-state index contributed by atoms with van der Waals surface area (Å²) in [7, 11) is 0. The Balaban J connectivity index is 2.35. The lowest BCUT2D eigenvalue weighted by Gasteiger charge is -2.28. The molecule has 1 aromatic rings. The fourth-order valence-corrected chi connectivity index (χ4v) is 2.99. The molecule has 0 spiro atoms. The third kappa shape index (κ3) is 2.23. The first-order chi connectivity index (χ1) is 8.77. The molecule has 102 valence electrons. The first kappa shape index (κ1) is 13.3. The van der Waals surface area contributed by atoms with Crippen LogP contribution in [-0.2, 0) is 12.1 Å². The lowest BCUT2D eigenvalue weighted by Crippen LogP contribution is -2.39. The molecule has 1 atom stereocenters. The van der Waals surface area contributed by atoms with Crippen molar-refractivity contribution >= 4 is 5.95 Å². The van der Waals surface area contributed by atoms with Gasteiger partial charge in [-0.2, -0.15) is 0 Å². The van der Waals surface area contributed by atoms with Crippen molar-refractivity contribution in [2.45, 2.75) is 58.5 Å². The van der Waals surface area contributed by atoms with Crippen LogP contribution in [0, 0.1) is 0 Å². The molecule has 2 rings (SSSR count). The molecular weight excluding hydrogens is 226 g/mol. The quantitative estimate of drug-likeness (QED) is 0.813. The second-order valence-corrected chi connectivity index (χ2v) is 4.98. The Morgan fingerprint density at radius 3 is 2.72 bits per heavy atom. The third-order valence-corrected chi connectivity index (χ3v) is 3.75. The zero-order valence-corrected chi connectivity index (χ0v) is 11.8. The minimum atomic E-state index is 0.0471. The molecule has 5 heteroatoms. The van der Waals surface area contributed by atoms with Crippen LogP contribution in [0.3, 0.4) is 0 Å². The number of anilines is 1. The molecule has 2 N–H and O–H groups in total. The van der Waals surface area contributed by atoms with Crippen molar-refractivity contribution in [2.75, 3.05) is 18.4 Å². The van der Waals surface area contributed by atoms with E-state index in [4.69, 9.17) is 0 Å². The Morgan fingerprint density at radius 2 is 2.17 bits per heavy atom.